The van der Waals surface area contributed by atoms with Crippen LogP contribution in [-0.2, 0) is 17.5 Å². The average molecular weight is 330 g/mol. The van der Waals surface area contributed by atoms with Gasteiger partial charge in [0.25, 0.3) is 5.91 Å². The Morgan fingerprint density at radius 1 is 1.32 bits per heavy atom. The van der Waals surface area contributed by atoms with Crippen molar-refractivity contribution in [2.75, 3.05) is 11.5 Å². The highest BCUT2D eigenvalue weighted by Gasteiger charge is 2.52. The zero-order valence-corrected chi connectivity index (χ0v) is 12.3. The minimum Gasteiger partial charge on any atom is -0.322 e. The molecule has 1 atom stereocenters. The number of halogens is 3. The van der Waals surface area contributed by atoms with Gasteiger partial charge in [-0.15, -0.1) is 0 Å². The highest BCUT2D eigenvalue weighted by molar-refractivity contribution is 7.99. The van der Waals surface area contributed by atoms with Crippen LogP contribution in [0.1, 0.15) is 17.5 Å². The fourth-order valence-corrected chi connectivity index (χ4v) is 4.01. The van der Waals surface area contributed by atoms with Crippen LogP contribution in [0.15, 0.2) is 24.3 Å². The van der Waals surface area contributed by atoms with Gasteiger partial charge in [-0.3, -0.25) is 9.69 Å². The maximum absolute atomic E-state index is 12.7. The van der Waals surface area contributed by atoms with Crippen LogP contribution in [0.4, 0.5) is 18.0 Å². The lowest BCUT2D eigenvalue weighted by atomic mass is 9.99. The van der Waals surface area contributed by atoms with Crippen LogP contribution in [0.2, 0.25) is 0 Å². The van der Waals surface area contributed by atoms with Crippen LogP contribution in [0.25, 0.3) is 0 Å². The van der Waals surface area contributed by atoms with Gasteiger partial charge in [0.05, 0.1) is 12.1 Å². The summed E-state index contributed by atoms with van der Waals surface area (Å²) in [5, 5.41) is 2.69. The van der Waals surface area contributed by atoms with E-state index in [1.807, 2.05) is 0 Å². The third kappa shape index (κ3) is 2.55. The predicted molar refractivity (Wildman–Crippen MR) is 75.2 cm³/mol. The second-order valence-corrected chi connectivity index (χ2v) is 6.51. The third-order valence-corrected chi connectivity index (χ3v) is 5.05. The molecule has 2 saturated heterocycles. The van der Waals surface area contributed by atoms with E-state index >= 15 is 0 Å². The Labute approximate surface area is 129 Å². The molecule has 0 aliphatic carbocycles. The number of carbonyl (C=O) groups excluding carboxylic acids is 2. The zero-order valence-electron chi connectivity index (χ0n) is 11.4. The van der Waals surface area contributed by atoms with Crippen LogP contribution in [0.5, 0.6) is 0 Å². The van der Waals surface area contributed by atoms with E-state index in [1.54, 1.807) is 11.8 Å². The molecule has 1 aromatic carbocycles. The fraction of sp³-hybridized carbons (Fsp3) is 0.429. The molecule has 0 aromatic heterocycles. The largest absolute Gasteiger partial charge is 0.416 e. The van der Waals surface area contributed by atoms with Gasteiger partial charge in [0.15, 0.2) is 0 Å². The van der Waals surface area contributed by atoms with Gasteiger partial charge >= 0.3 is 12.2 Å². The quantitative estimate of drug-likeness (QED) is 0.848. The summed E-state index contributed by atoms with van der Waals surface area (Å²) in [5.41, 5.74) is -1.38. The molecule has 2 aliphatic rings. The highest BCUT2D eigenvalue weighted by atomic mass is 32.2. The summed E-state index contributed by atoms with van der Waals surface area (Å²) in [6.07, 6.45) is -3.89. The molecular weight excluding hydrogens is 317 g/mol. The van der Waals surface area contributed by atoms with Crippen LogP contribution in [-0.4, -0.2) is 33.9 Å². The van der Waals surface area contributed by atoms with E-state index in [2.05, 4.69) is 5.32 Å². The van der Waals surface area contributed by atoms with E-state index in [1.165, 1.54) is 12.1 Å². The second kappa shape index (κ2) is 5.19. The Morgan fingerprint density at radius 2 is 2.09 bits per heavy atom. The molecule has 3 rings (SSSR count). The number of hydrogen-bond acceptors (Lipinski definition) is 3. The molecule has 3 amide bonds. The minimum absolute atomic E-state index is 0.152. The average Bonchev–Trinajstić information content (AvgIpc) is 3.00. The summed E-state index contributed by atoms with van der Waals surface area (Å²) >= 11 is 1.58. The van der Waals surface area contributed by atoms with Crippen LogP contribution in [0, 0.1) is 0 Å². The first-order valence-electron chi connectivity index (χ1n) is 6.70. The van der Waals surface area contributed by atoms with Crippen molar-refractivity contribution in [3.8, 4) is 0 Å². The number of benzene rings is 1. The second-order valence-electron chi connectivity index (χ2n) is 5.40. The molecule has 0 saturated carbocycles. The first-order chi connectivity index (χ1) is 10.3. The van der Waals surface area contributed by atoms with E-state index in [0.717, 1.165) is 22.8 Å². The van der Waals surface area contributed by atoms with Crippen LogP contribution < -0.4 is 5.32 Å². The number of thioether (sulfide) groups is 1. The van der Waals surface area contributed by atoms with Gasteiger partial charge in [-0.1, -0.05) is 12.1 Å². The molecular formula is C14H13F3N2O2S. The smallest absolute Gasteiger partial charge is 0.322 e. The normalized spacial score (nSPS) is 25.1. The molecule has 1 unspecified atom stereocenters. The summed E-state index contributed by atoms with van der Waals surface area (Å²) in [5.74, 6) is 0.944. The molecule has 1 aromatic rings. The zero-order chi connectivity index (χ0) is 16.0. The lowest BCUT2D eigenvalue weighted by molar-refractivity contribution is -0.137. The third-order valence-electron chi connectivity index (χ3n) is 3.86. The van der Waals surface area contributed by atoms with Crippen molar-refractivity contribution in [3.63, 3.8) is 0 Å². The van der Waals surface area contributed by atoms with Crippen molar-refractivity contribution < 1.29 is 22.8 Å². The number of nitrogens with zero attached hydrogens (tertiary/aromatic N) is 1. The molecule has 0 bridgehead atoms. The predicted octanol–water partition coefficient (Wildman–Crippen LogP) is 2.63. The van der Waals surface area contributed by atoms with Gasteiger partial charge in [-0.25, -0.2) is 4.79 Å². The monoisotopic (exact) mass is 330 g/mol. The van der Waals surface area contributed by atoms with E-state index in [0.29, 0.717) is 12.2 Å². The number of hydrogen-bond donors (Lipinski definition) is 1. The molecule has 8 heteroatoms. The van der Waals surface area contributed by atoms with Crippen molar-refractivity contribution in [3.05, 3.63) is 35.4 Å². The lowest BCUT2D eigenvalue weighted by Crippen LogP contribution is -2.46. The highest BCUT2D eigenvalue weighted by Crippen LogP contribution is 2.34. The van der Waals surface area contributed by atoms with Gasteiger partial charge in [-0.05, 0) is 29.9 Å². The molecule has 2 aliphatic heterocycles. The van der Waals surface area contributed by atoms with Gasteiger partial charge in [0.1, 0.15) is 5.54 Å². The summed E-state index contributed by atoms with van der Waals surface area (Å²) in [6.45, 7) is -0.152. The van der Waals surface area contributed by atoms with Crippen molar-refractivity contribution in [2.24, 2.45) is 0 Å². The van der Waals surface area contributed by atoms with Crippen molar-refractivity contribution in [1.82, 2.24) is 10.2 Å². The Hall–Kier alpha value is -1.70. The van der Waals surface area contributed by atoms with E-state index in [4.69, 9.17) is 0 Å². The maximum atomic E-state index is 12.7. The van der Waals surface area contributed by atoms with Gasteiger partial charge in [-0.2, -0.15) is 24.9 Å². The summed E-state index contributed by atoms with van der Waals surface area (Å²) in [4.78, 5) is 25.4. The van der Waals surface area contributed by atoms with Crippen molar-refractivity contribution in [1.29, 1.82) is 0 Å². The van der Waals surface area contributed by atoms with Crippen molar-refractivity contribution in [2.45, 2.75) is 24.7 Å². The first kappa shape index (κ1) is 15.2. The van der Waals surface area contributed by atoms with Crippen molar-refractivity contribution >= 4 is 23.7 Å². The topological polar surface area (TPSA) is 49.4 Å². The number of imide groups is 1. The molecule has 4 nitrogen and oxygen atoms in total. The number of rotatable bonds is 2. The molecule has 118 valence electrons. The number of alkyl halides is 3. The molecule has 0 radical (unpaired) electrons. The molecule has 2 fully saturated rings. The molecule has 2 heterocycles. The van der Waals surface area contributed by atoms with E-state index in [-0.39, 0.29) is 18.0 Å². The Kier molecular flexibility index (Phi) is 3.58. The Balaban J connectivity index is 1.82. The van der Waals surface area contributed by atoms with Gasteiger partial charge in [0.2, 0.25) is 0 Å². The van der Waals surface area contributed by atoms with E-state index < -0.39 is 23.3 Å². The number of urea groups is 1. The summed E-state index contributed by atoms with van der Waals surface area (Å²) < 4.78 is 38.1. The first-order valence-corrected chi connectivity index (χ1v) is 7.85. The molecule has 22 heavy (non-hydrogen) atoms. The number of amides is 3. The summed E-state index contributed by atoms with van der Waals surface area (Å²) in [6, 6.07) is 4.14. The maximum Gasteiger partial charge on any atom is 0.416 e. The minimum atomic E-state index is -4.45. The SMILES string of the molecule is O=C1NC2(CCSC2)C(=O)N1Cc1cccc(C(F)(F)F)c1. The van der Waals surface area contributed by atoms with Crippen LogP contribution >= 0.6 is 11.8 Å². The van der Waals surface area contributed by atoms with Gasteiger partial charge in [0, 0.05) is 5.75 Å². The lowest BCUT2D eigenvalue weighted by Gasteiger charge is -2.19. The fourth-order valence-electron chi connectivity index (χ4n) is 2.68. The Bertz CT molecular complexity index is 627. The summed E-state index contributed by atoms with van der Waals surface area (Å²) in [7, 11) is 0. The number of carbonyl (C=O) groups is 2. The van der Waals surface area contributed by atoms with Crippen LogP contribution in [0.3, 0.4) is 0 Å². The van der Waals surface area contributed by atoms with E-state index in [9.17, 15) is 22.8 Å². The molecule has 1 spiro atoms. The number of nitrogens with one attached hydrogen (secondary N) is 1. The standard InChI is InChI=1S/C14H13F3N2O2S/c15-14(16,17)10-3-1-2-9(6-10)7-19-11(20)13(18-12(19)21)4-5-22-8-13/h1-3,6H,4-5,7-8H2,(H,18,21). The van der Waals surface area contributed by atoms with Gasteiger partial charge < -0.3 is 5.32 Å². The molecule has 1 N–H and O–H groups in total. The Morgan fingerprint density at radius 3 is 2.73 bits per heavy atom.